The number of pyridine rings is 1. The predicted molar refractivity (Wildman–Crippen MR) is 204 cm³/mol. The average molecular weight is 678 g/mol. The second-order valence-corrected chi connectivity index (χ2v) is 16.0. The lowest BCUT2D eigenvalue weighted by Crippen LogP contribution is -2.13. The minimum Gasteiger partial charge on any atom is -0.467 e. The molecule has 1 heterocycles. The van der Waals surface area contributed by atoms with Crippen molar-refractivity contribution in [1.29, 1.82) is 0 Å². The average Bonchev–Trinajstić information content (AvgIpc) is 3.03. The van der Waals surface area contributed by atoms with E-state index in [0.717, 1.165) is 61.9 Å². The Labute approximate surface area is 294 Å². The van der Waals surface area contributed by atoms with Crippen molar-refractivity contribution in [3.8, 4) is 22.8 Å². The predicted octanol–water partition coefficient (Wildman–Crippen LogP) is 12.5. The third kappa shape index (κ3) is 7.59. The van der Waals surface area contributed by atoms with Gasteiger partial charge in [0.25, 0.3) is 0 Å². The van der Waals surface area contributed by atoms with Crippen molar-refractivity contribution in [1.82, 2.24) is 4.98 Å². The number of halogens is 1. The van der Waals surface area contributed by atoms with E-state index >= 15 is 0 Å². The molecular weight excluding hydrogens is 634 g/mol. The van der Waals surface area contributed by atoms with E-state index in [1.54, 1.807) is 0 Å². The molecule has 0 saturated heterocycles. The Bertz CT molecular complexity index is 2080. The summed E-state index contributed by atoms with van der Waals surface area (Å²) in [5.74, 6) is 1.49. The molecule has 1 aromatic heterocycles. The third-order valence-electron chi connectivity index (χ3n) is 8.23. The van der Waals surface area contributed by atoms with Gasteiger partial charge in [-0.2, -0.15) is 0 Å². The van der Waals surface area contributed by atoms with Crippen LogP contribution < -0.4 is 8.92 Å². The number of rotatable bonds is 10. The summed E-state index contributed by atoms with van der Waals surface area (Å²) in [6.45, 7) is 16.3. The maximum Gasteiger partial charge on any atom is 0.189 e. The molecule has 6 heteroatoms. The van der Waals surface area contributed by atoms with Gasteiger partial charge in [-0.1, -0.05) is 102 Å². The molecule has 0 unspecified atom stereocenters. The second-order valence-electron chi connectivity index (χ2n) is 14.8. The quantitative estimate of drug-likeness (QED) is 0.0624. The van der Waals surface area contributed by atoms with Crippen LogP contribution in [0.3, 0.4) is 0 Å². The number of aromatic nitrogens is 1. The monoisotopic (exact) mass is 677 g/mol. The minimum atomic E-state index is -0.000904. The summed E-state index contributed by atoms with van der Waals surface area (Å²) in [5.41, 5.74) is 4.33. The summed E-state index contributed by atoms with van der Waals surface area (Å²) >= 11 is 8.12. The third-order valence-corrected chi connectivity index (χ3v) is 9.29. The van der Waals surface area contributed by atoms with Gasteiger partial charge >= 0.3 is 0 Å². The lowest BCUT2D eigenvalue weighted by molar-refractivity contribution is 0.0221. The highest BCUT2D eigenvalue weighted by molar-refractivity contribution is 7.95. The van der Waals surface area contributed by atoms with Crippen molar-refractivity contribution >= 4 is 56.0 Å². The summed E-state index contributed by atoms with van der Waals surface area (Å²) in [7, 11) is 0. The molecule has 6 aromatic rings. The van der Waals surface area contributed by atoms with E-state index in [2.05, 4.69) is 77.9 Å². The van der Waals surface area contributed by atoms with Crippen LogP contribution in [0.5, 0.6) is 11.5 Å². The lowest BCUT2D eigenvalue weighted by Gasteiger charge is -2.25. The van der Waals surface area contributed by atoms with Crippen LogP contribution in [0, 0.1) is 10.8 Å². The van der Waals surface area contributed by atoms with Crippen molar-refractivity contribution in [2.24, 2.45) is 10.8 Å². The van der Waals surface area contributed by atoms with Gasteiger partial charge < -0.3 is 13.7 Å². The Kier molecular flexibility index (Phi) is 9.94. The maximum atomic E-state index is 6.80. The molecule has 0 aliphatic heterocycles. The highest BCUT2D eigenvalue weighted by Gasteiger charge is 2.25. The van der Waals surface area contributed by atoms with Crippen LogP contribution in [0.25, 0.3) is 43.6 Å². The van der Waals surface area contributed by atoms with Gasteiger partial charge in [-0.25, -0.2) is 0 Å². The van der Waals surface area contributed by atoms with Crippen LogP contribution in [0.4, 0.5) is 0 Å². The van der Waals surface area contributed by atoms with E-state index in [0.29, 0.717) is 17.4 Å². The number of fused-ring (bicyclic) bond motifs is 4. The lowest BCUT2D eigenvalue weighted by atomic mass is 9.82. The van der Waals surface area contributed by atoms with Crippen molar-refractivity contribution in [2.75, 3.05) is 13.4 Å². The first kappa shape index (κ1) is 34.1. The Morgan fingerprint density at radius 2 is 1.52 bits per heavy atom. The SMILES string of the molecule is CCOCOc1c(-c2nccc3c2c(OSc2ccccc2)cc2c(Cl)cccc23)cc2cc(CC(C)(C)C)ccc2c1CC(C)(C)C. The van der Waals surface area contributed by atoms with Crippen molar-refractivity contribution in [3.63, 3.8) is 0 Å². The summed E-state index contributed by atoms with van der Waals surface area (Å²) in [6, 6.07) is 29.3. The molecule has 0 bridgehead atoms. The fourth-order valence-electron chi connectivity index (χ4n) is 6.36. The van der Waals surface area contributed by atoms with Crippen LogP contribution in [0.1, 0.15) is 59.6 Å². The Balaban J connectivity index is 1.67. The van der Waals surface area contributed by atoms with Gasteiger partial charge in [-0.3, -0.25) is 4.98 Å². The van der Waals surface area contributed by atoms with Crippen LogP contribution in [-0.4, -0.2) is 18.4 Å². The van der Waals surface area contributed by atoms with E-state index in [1.165, 1.54) is 28.4 Å². The summed E-state index contributed by atoms with van der Waals surface area (Å²) in [4.78, 5) is 6.09. The van der Waals surface area contributed by atoms with Crippen molar-refractivity contribution < 1.29 is 13.7 Å². The van der Waals surface area contributed by atoms with Crippen molar-refractivity contribution in [3.05, 3.63) is 107 Å². The van der Waals surface area contributed by atoms with E-state index < -0.39 is 0 Å². The van der Waals surface area contributed by atoms with Gasteiger partial charge in [-0.15, -0.1) is 0 Å². The van der Waals surface area contributed by atoms with Crippen LogP contribution >= 0.6 is 23.6 Å². The van der Waals surface area contributed by atoms with Gasteiger partial charge in [0.15, 0.2) is 6.79 Å². The molecule has 248 valence electrons. The maximum absolute atomic E-state index is 6.80. The summed E-state index contributed by atoms with van der Waals surface area (Å²) in [5, 5.41) is 6.91. The minimum absolute atomic E-state index is 0.000904. The molecule has 4 nitrogen and oxygen atoms in total. The molecule has 0 amide bonds. The molecule has 48 heavy (non-hydrogen) atoms. The highest BCUT2D eigenvalue weighted by Crippen LogP contribution is 2.47. The Morgan fingerprint density at radius 1 is 0.750 bits per heavy atom. The van der Waals surface area contributed by atoms with E-state index in [-0.39, 0.29) is 17.6 Å². The number of nitrogens with zero attached hydrogens (tertiary/aromatic N) is 1. The zero-order valence-electron chi connectivity index (χ0n) is 28.9. The molecule has 0 saturated carbocycles. The molecular formula is C42H44ClNO3S. The van der Waals surface area contributed by atoms with Crippen LogP contribution in [0.2, 0.25) is 5.02 Å². The zero-order chi connectivity index (χ0) is 34.1. The molecule has 0 spiro atoms. The van der Waals surface area contributed by atoms with Gasteiger partial charge in [0.2, 0.25) is 0 Å². The normalized spacial score (nSPS) is 12.2. The molecule has 0 fully saturated rings. The molecule has 0 atom stereocenters. The molecule has 0 aliphatic carbocycles. The Hall–Kier alpha value is -3.77. The van der Waals surface area contributed by atoms with Crippen molar-refractivity contribution in [2.45, 2.75) is 66.2 Å². The molecule has 0 N–H and O–H groups in total. The number of benzene rings is 5. The molecule has 0 aliphatic rings. The number of hydrogen-bond acceptors (Lipinski definition) is 5. The largest absolute Gasteiger partial charge is 0.467 e. The summed E-state index contributed by atoms with van der Waals surface area (Å²) < 4.78 is 19.0. The standard InChI is InChI=1S/C42H44ClNO3S/c1-8-45-26-46-40-34(22-28-21-27(24-41(2,3)4)17-18-30(28)35(40)25-42(5,6)7)39-38-32(19-20-44-39)31-15-12-16-36(43)33(31)23-37(38)47-48-29-13-10-9-11-14-29/h9-23H,8,24-26H2,1-7H3. The second kappa shape index (κ2) is 14.0. The first-order chi connectivity index (χ1) is 22.9. The Morgan fingerprint density at radius 3 is 2.25 bits per heavy atom. The van der Waals surface area contributed by atoms with E-state index in [4.69, 9.17) is 30.2 Å². The molecule has 0 radical (unpaired) electrons. The topological polar surface area (TPSA) is 40.6 Å². The summed E-state index contributed by atoms with van der Waals surface area (Å²) in [6.07, 6.45) is 3.67. The van der Waals surface area contributed by atoms with Crippen LogP contribution in [-0.2, 0) is 17.6 Å². The highest BCUT2D eigenvalue weighted by atomic mass is 35.5. The fraction of sp³-hybridized carbons (Fsp3) is 0.310. The van der Waals surface area contributed by atoms with E-state index in [9.17, 15) is 0 Å². The fourth-order valence-corrected chi connectivity index (χ4v) is 7.18. The zero-order valence-corrected chi connectivity index (χ0v) is 30.5. The van der Waals surface area contributed by atoms with Gasteiger partial charge in [0.05, 0.1) is 23.1 Å². The first-order valence-electron chi connectivity index (χ1n) is 16.6. The molecule has 6 rings (SSSR count). The van der Waals surface area contributed by atoms with E-state index in [1.807, 2.05) is 61.7 Å². The number of ether oxygens (including phenoxy) is 2. The van der Waals surface area contributed by atoms with Gasteiger partial charge in [0, 0.05) is 39.2 Å². The smallest absolute Gasteiger partial charge is 0.189 e. The van der Waals surface area contributed by atoms with Gasteiger partial charge in [-0.05, 0) is 94.1 Å². The first-order valence-corrected chi connectivity index (χ1v) is 17.7. The van der Waals surface area contributed by atoms with Gasteiger partial charge in [0.1, 0.15) is 11.5 Å². The molecule has 5 aromatic carbocycles. The van der Waals surface area contributed by atoms with Crippen LogP contribution in [0.15, 0.2) is 96.0 Å². The number of hydrogen-bond donors (Lipinski definition) is 0.